The summed E-state index contributed by atoms with van der Waals surface area (Å²) < 4.78 is 5.25. The molecule has 1 aliphatic carbocycles. The molecule has 2 unspecified atom stereocenters. The van der Waals surface area contributed by atoms with Crippen molar-refractivity contribution in [3.05, 3.63) is 0 Å². The van der Waals surface area contributed by atoms with Gasteiger partial charge in [-0.3, -0.25) is 4.79 Å². The van der Waals surface area contributed by atoms with Gasteiger partial charge in [0.2, 0.25) is 0 Å². The summed E-state index contributed by atoms with van der Waals surface area (Å²) >= 11 is 0. The molecule has 1 fully saturated rings. The van der Waals surface area contributed by atoms with Crippen LogP contribution in [0.4, 0.5) is 0 Å². The molecule has 0 spiro atoms. The summed E-state index contributed by atoms with van der Waals surface area (Å²) in [6, 6.07) is 0. The lowest BCUT2D eigenvalue weighted by Crippen LogP contribution is -2.25. The zero-order valence-electron chi connectivity index (χ0n) is 8.39. The van der Waals surface area contributed by atoms with Gasteiger partial charge in [-0.05, 0) is 33.1 Å². The van der Waals surface area contributed by atoms with E-state index in [1.54, 1.807) is 0 Å². The summed E-state index contributed by atoms with van der Waals surface area (Å²) in [7, 11) is 0. The van der Waals surface area contributed by atoms with Crippen LogP contribution >= 0.6 is 0 Å². The molecule has 0 amide bonds. The van der Waals surface area contributed by atoms with Crippen molar-refractivity contribution in [2.24, 2.45) is 11.8 Å². The number of hydrogen-bond donors (Lipinski definition) is 0. The summed E-state index contributed by atoms with van der Waals surface area (Å²) in [4.78, 5) is 11.4. The first-order valence-corrected chi connectivity index (χ1v) is 4.67. The minimum Gasteiger partial charge on any atom is -0.460 e. The van der Waals surface area contributed by atoms with Gasteiger partial charge in [-0.1, -0.05) is 13.3 Å². The van der Waals surface area contributed by atoms with Crippen molar-refractivity contribution < 1.29 is 9.53 Å². The molecular weight excluding hydrogens is 152 g/mol. The average molecular weight is 170 g/mol. The van der Waals surface area contributed by atoms with Crippen LogP contribution in [-0.2, 0) is 9.53 Å². The van der Waals surface area contributed by atoms with E-state index in [-0.39, 0.29) is 17.5 Å². The molecule has 0 aromatic carbocycles. The molecule has 0 bridgehead atoms. The van der Waals surface area contributed by atoms with Gasteiger partial charge < -0.3 is 4.74 Å². The highest BCUT2D eigenvalue weighted by molar-refractivity contribution is 5.76. The fourth-order valence-corrected chi connectivity index (χ4v) is 1.36. The maximum Gasteiger partial charge on any atom is 0.309 e. The molecule has 1 saturated carbocycles. The van der Waals surface area contributed by atoms with Crippen LogP contribution in [0.1, 0.15) is 40.5 Å². The van der Waals surface area contributed by atoms with E-state index in [0.717, 1.165) is 12.8 Å². The Hall–Kier alpha value is -0.530. The first-order chi connectivity index (χ1) is 5.44. The van der Waals surface area contributed by atoms with E-state index in [4.69, 9.17) is 4.74 Å². The third-order valence-electron chi connectivity index (χ3n) is 2.16. The minimum atomic E-state index is -0.321. The van der Waals surface area contributed by atoms with Crippen molar-refractivity contribution in [3.8, 4) is 0 Å². The molecule has 0 aromatic rings. The van der Waals surface area contributed by atoms with E-state index in [0.29, 0.717) is 5.92 Å². The van der Waals surface area contributed by atoms with E-state index >= 15 is 0 Å². The maximum absolute atomic E-state index is 11.4. The molecule has 0 aromatic heterocycles. The number of carbonyl (C=O) groups is 1. The number of hydrogen-bond acceptors (Lipinski definition) is 2. The van der Waals surface area contributed by atoms with Crippen LogP contribution in [0.2, 0.25) is 0 Å². The third-order valence-corrected chi connectivity index (χ3v) is 2.16. The van der Waals surface area contributed by atoms with Crippen molar-refractivity contribution in [2.75, 3.05) is 0 Å². The van der Waals surface area contributed by atoms with Gasteiger partial charge in [0.25, 0.3) is 0 Å². The Balaban J connectivity index is 2.32. The van der Waals surface area contributed by atoms with Crippen molar-refractivity contribution in [1.29, 1.82) is 0 Å². The predicted octanol–water partition coefficient (Wildman–Crippen LogP) is 2.37. The van der Waals surface area contributed by atoms with Crippen LogP contribution in [-0.4, -0.2) is 11.6 Å². The molecule has 70 valence electrons. The third kappa shape index (κ3) is 2.50. The van der Waals surface area contributed by atoms with Crippen LogP contribution in [0.25, 0.3) is 0 Å². The van der Waals surface area contributed by atoms with Crippen LogP contribution in [0, 0.1) is 11.8 Å². The molecule has 0 heterocycles. The highest BCUT2D eigenvalue weighted by Crippen LogP contribution is 2.42. The largest absolute Gasteiger partial charge is 0.460 e. The summed E-state index contributed by atoms with van der Waals surface area (Å²) in [5, 5.41) is 0. The van der Waals surface area contributed by atoms with Gasteiger partial charge >= 0.3 is 5.97 Å². The van der Waals surface area contributed by atoms with Crippen molar-refractivity contribution in [3.63, 3.8) is 0 Å². The quantitative estimate of drug-likeness (QED) is 0.595. The summed E-state index contributed by atoms with van der Waals surface area (Å²) in [5.74, 6) is 0.795. The van der Waals surface area contributed by atoms with E-state index in [1.165, 1.54) is 0 Å². The molecule has 0 N–H and O–H groups in total. The van der Waals surface area contributed by atoms with Gasteiger partial charge in [0.15, 0.2) is 0 Å². The molecule has 0 aliphatic heterocycles. The fourth-order valence-electron chi connectivity index (χ4n) is 1.36. The molecule has 2 heteroatoms. The van der Waals surface area contributed by atoms with E-state index < -0.39 is 0 Å². The SMILES string of the molecule is CCC1CC1C(=O)OC(C)(C)C. The Morgan fingerprint density at radius 1 is 1.50 bits per heavy atom. The second-order valence-electron chi connectivity index (χ2n) is 4.54. The van der Waals surface area contributed by atoms with Crippen LogP contribution in [0.3, 0.4) is 0 Å². The van der Waals surface area contributed by atoms with Crippen LogP contribution in [0.15, 0.2) is 0 Å². The van der Waals surface area contributed by atoms with Gasteiger partial charge in [0, 0.05) is 0 Å². The lowest BCUT2D eigenvalue weighted by atomic mass is 10.2. The predicted molar refractivity (Wildman–Crippen MR) is 47.7 cm³/mol. The number of rotatable bonds is 2. The second-order valence-corrected chi connectivity index (χ2v) is 4.54. The topological polar surface area (TPSA) is 26.3 Å². The highest BCUT2D eigenvalue weighted by atomic mass is 16.6. The lowest BCUT2D eigenvalue weighted by Gasteiger charge is -2.19. The monoisotopic (exact) mass is 170 g/mol. The Bertz CT molecular complexity index is 179. The zero-order chi connectivity index (χ0) is 9.35. The Morgan fingerprint density at radius 3 is 2.42 bits per heavy atom. The summed E-state index contributed by atoms with van der Waals surface area (Å²) in [6.45, 7) is 7.85. The van der Waals surface area contributed by atoms with Gasteiger partial charge in [-0.15, -0.1) is 0 Å². The Morgan fingerprint density at radius 2 is 2.08 bits per heavy atom. The minimum absolute atomic E-state index is 0.00523. The Kier molecular flexibility index (Phi) is 2.45. The molecule has 12 heavy (non-hydrogen) atoms. The molecule has 2 atom stereocenters. The second kappa shape index (κ2) is 3.08. The molecule has 0 radical (unpaired) electrons. The first-order valence-electron chi connectivity index (χ1n) is 4.67. The zero-order valence-corrected chi connectivity index (χ0v) is 8.39. The van der Waals surface area contributed by atoms with Gasteiger partial charge in [-0.25, -0.2) is 0 Å². The molecular formula is C10H18O2. The lowest BCUT2D eigenvalue weighted by molar-refractivity contribution is -0.156. The van der Waals surface area contributed by atoms with Gasteiger partial charge in [0.1, 0.15) is 5.60 Å². The van der Waals surface area contributed by atoms with Crippen molar-refractivity contribution in [2.45, 2.75) is 46.1 Å². The summed E-state index contributed by atoms with van der Waals surface area (Å²) in [6.07, 6.45) is 2.13. The smallest absolute Gasteiger partial charge is 0.309 e. The molecule has 2 nitrogen and oxygen atoms in total. The normalized spacial score (nSPS) is 28.3. The Labute approximate surface area is 74.3 Å². The standard InChI is InChI=1S/C10H18O2/c1-5-7-6-8(7)9(11)12-10(2,3)4/h7-8H,5-6H2,1-4H3. The fraction of sp³-hybridized carbons (Fsp3) is 0.900. The van der Waals surface area contributed by atoms with Crippen molar-refractivity contribution in [1.82, 2.24) is 0 Å². The summed E-state index contributed by atoms with van der Waals surface area (Å²) in [5.41, 5.74) is -0.321. The first kappa shape index (κ1) is 9.56. The van der Waals surface area contributed by atoms with Crippen molar-refractivity contribution >= 4 is 5.97 Å². The maximum atomic E-state index is 11.4. The highest BCUT2D eigenvalue weighted by Gasteiger charge is 2.43. The average Bonchev–Trinajstić information content (AvgIpc) is 2.60. The number of esters is 1. The molecule has 0 saturated heterocycles. The van der Waals surface area contributed by atoms with Crippen LogP contribution in [0.5, 0.6) is 0 Å². The number of ether oxygens (including phenoxy) is 1. The van der Waals surface area contributed by atoms with E-state index in [2.05, 4.69) is 6.92 Å². The number of carbonyl (C=O) groups excluding carboxylic acids is 1. The molecule has 1 rings (SSSR count). The van der Waals surface area contributed by atoms with E-state index in [9.17, 15) is 4.79 Å². The van der Waals surface area contributed by atoms with Gasteiger partial charge in [0.05, 0.1) is 5.92 Å². The van der Waals surface area contributed by atoms with Crippen LogP contribution < -0.4 is 0 Å². The van der Waals surface area contributed by atoms with Gasteiger partial charge in [-0.2, -0.15) is 0 Å². The molecule has 1 aliphatic rings. The van der Waals surface area contributed by atoms with E-state index in [1.807, 2.05) is 20.8 Å².